The van der Waals surface area contributed by atoms with Crippen LogP contribution in [-0.4, -0.2) is 33.6 Å². The highest BCUT2D eigenvalue weighted by Crippen LogP contribution is 2.15. The van der Waals surface area contributed by atoms with Crippen LogP contribution in [0, 0.1) is 5.92 Å². The average molecular weight is 216 g/mol. The van der Waals surface area contributed by atoms with E-state index in [1.165, 1.54) is 13.2 Å². The van der Waals surface area contributed by atoms with Crippen LogP contribution in [0.15, 0.2) is 12.2 Å². The van der Waals surface area contributed by atoms with E-state index >= 15 is 0 Å². The number of carbonyl (C=O) groups excluding carboxylic acids is 1. The van der Waals surface area contributed by atoms with E-state index < -0.39 is 0 Å². The summed E-state index contributed by atoms with van der Waals surface area (Å²) in [6, 6.07) is 0. The molecule has 1 atom stereocenters. The summed E-state index contributed by atoms with van der Waals surface area (Å²) in [6.07, 6.45) is 4.71. The predicted molar refractivity (Wildman–Crippen MR) is 57.4 cm³/mol. The number of carbonyl (C=O) groups is 1. The van der Waals surface area contributed by atoms with Gasteiger partial charge >= 0.3 is 5.97 Å². The number of rotatable bonds is 7. The predicted octanol–water partition coefficient (Wildman–Crippen LogP) is 1.75. The lowest BCUT2D eigenvalue weighted by molar-refractivity contribution is -0.135. The zero-order chi connectivity index (χ0) is 11.7. The normalized spacial score (nSPS) is 13.4. The van der Waals surface area contributed by atoms with Crippen LogP contribution >= 0.6 is 0 Å². The Kier molecular flexibility index (Phi) is 7.95. The van der Waals surface area contributed by atoms with Gasteiger partial charge in [0.1, 0.15) is 0 Å². The van der Waals surface area contributed by atoms with Gasteiger partial charge in [0.15, 0.2) is 6.29 Å². The molecule has 88 valence electrons. The first-order valence-corrected chi connectivity index (χ1v) is 4.99. The summed E-state index contributed by atoms with van der Waals surface area (Å²) in [5.74, 6) is -0.0752. The minimum Gasteiger partial charge on any atom is -0.466 e. The Morgan fingerprint density at radius 2 is 1.87 bits per heavy atom. The summed E-state index contributed by atoms with van der Waals surface area (Å²) >= 11 is 0. The molecular formula is C11H20O4. The van der Waals surface area contributed by atoms with Gasteiger partial charge in [-0.2, -0.15) is 0 Å². The van der Waals surface area contributed by atoms with Crippen LogP contribution in [-0.2, 0) is 19.0 Å². The van der Waals surface area contributed by atoms with E-state index in [-0.39, 0.29) is 18.2 Å². The van der Waals surface area contributed by atoms with Crippen molar-refractivity contribution in [2.24, 2.45) is 5.92 Å². The number of hydrogen-bond acceptors (Lipinski definition) is 4. The van der Waals surface area contributed by atoms with Crippen molar-refractivity contribution in [2.75, 3.05) is 21.3 Å². The highest BCUT2D eigenvalue weighted by atomic mass is 16.7. The van der Waals surface area contributed by atoms with Gasteiger partial charge in [0.05, 0.1) is 7.11 Å². The van der Waals surface area contributed by atoms with Crippen molar-refractivity contribution in [3.63, 3.8) is 0 Å². The molecule has 0 spiro atoms. The summed E-state index contributed by atoms with van der Waals surface area (Å²) in [7, 11) is 4.57. The molecule has 0 unspecified atom stereocenters. The SMILES string of the molecule is CC[C@@H](/C=C/C(=O)OC)CC(OC)OC. The van der Waals surface area contributed by atoms with Crippen molar-refractivity contribution in [3.8, 4) is 0 Å². The van der Waals surface area contributed by atoms with Crippen LogP contribution in [0.2, 0.25) is 0 Å². The molecule has 15 heavy (non-hydrogen) atoms. The third kappa shape index (κ3) is 6.25. The van der Waals surface area contributed by atoms with E-state index in [9.17, 15) is 4.79 Å². The minimum atomic E-state index is -0.333. The largest absolute Gasteiger partial charge is 0.466 e. The van der Waals surface area contributed by atoms with Crippen LogP contribution in [0.1, 0.15) is 19.8 Å². The monoisotopic (exact) mass is 216 g/mol. The maximum absolute atomic E-state index is 10.9. The van der Waals surface area contributed by atoms with Crippen LogP contribution < -0.4 is 0 Å². The van der Waals surface area contributed by atoms with Crippen LogP contribution in [0.4, 0.5) is 0 Å². The molecule has 0 aromatic heterocycles. The van der Waals surface area contributed by atoms with Gasteiger partial charge in [-0.15, -0.1) is 0 Å². The fourth-order valence-corrected chi connectivity index (χ4v) is 1.20. The van der Waals surface area contributed by atoms with Gasteiger partial charge in [-0.1, -0.05) is 13.0 Å². The first-order valence-electron chi connectivity index (χ1n) is 4.99. The van der Waals surface area contributed by atoms with Gasteiger partial charge in [-0.25, -0.2) is 4.79 Å². The van der Waals surface area contributed by atoms with Crippen LogP contribution in [0.3, 0.4) is 0 Å². The van der Waals surface area contributed by atoms with E-state index in [0.29, 0.717) is 0 Å². The lowest BCUT2D eigenvalue weighted by Crippen LogP contribution is -2.17. The third-order valence-corrected chi connectivity index (χ3v) is 2.25. The quantitative estimate of drug-likeness (QED) is 0.369. The van der Waals surface area contributed by atoms with E-state index in [2.05, 4.69) is 11.7 Å². The van der Waals surface area contributed by atoms with Gasteiger partial charge in [-0.05, 0) is 12.3 Å². The number of methoxy groups -OCH3 is 3. The molecular weight excluding hydrogens is 196 g/mol. The molecule has 0 radical (unpaired) electrons. The number of hydrogen-bond donors (Lipinski definition) is 0. The molecule has 0 fully saturated rings. The number of allylic oxidation sites excluding steroid dienone is 1. The second-order valence-corrected chi connectivity index (χ2v) is 3.19. The van der Waals surface area contributed by atoms with E-state index in [1.54, 1.807) is 14.2 Å². The molecule has 0 saturated heterocycles. The van der Waals surface area contributed by atoms with Gasteiger partial charge in [0.2, 0.25) is 0 Å². The molecule has 0 saturated carbocycles. The summed E-state index contributed by atoms with van der Waals surface area (Å²) in [4.78, 5) is 10.9. The molecule has 0 aliphatic rings. The van der Waals surface area contributed by atoms with Crippen molar-refractivity contribution >= 4 is 5.97 Å². The molecule has 0 aromatic rings. The molecule has 0 aromatic carbocycles. The maximum atomic E-state index is 10.9. The Bertz CT molecular complexity index is 197. The number of esters is 1. The Morgan fingerprint density at radius 1 is 1.27 bits per heavy atom. The second-order valence-electron chi connectivity index (χ2n) is 3.19. The van der Waals surface area contributed by atoms with Gasteiger partial charge in [0, 0.05) is 26.7 Å². The van der Waals surface area contributed by atoms with Crippen LogP contribution in [0.25, 0.3) is 0 Å². The Hall–Kier alpha value is -0.870. The molecule has 0 aliphatic carbocycles. The van der Waals surface area contributed by atoms with E-state index in [4.69, 9.17) is 9.47 Å². The molecule has 0 rings (SSSR count). The number of ether oxygens (including phenoxy) is 3. The second kappa shape index (κ2) is 8.44. The fraction of sp³-hybridized carbons (Fsp3) is 0.727. The van der Waals surface area contributed by atoms with Crippen molar-refractivity contribution < 1.29 is 19.0 Å². The molecule has 0 heterocycles. The smallest absolute Gasteiger partial charge is 0.330 e. The Balaban J connectivity index is 4.12. The summed E-state index contributed by atoms with van der Waals surface area (Å²) < 4.78 is 14.7. The van der Waals surface area contributed by atoms with Crippen molar-refractivity contribution in [1.29, 1.82) is 0 Å². The standard InChI is InChI=1S/C11H20O4/c1-5-9(6-7-10(12)13-2)8-11(14-3)15-4/h6-7,9,11H,5,8H2,1-4H3/b7-6+/t9-/m0/s1. The Labute approximate surface area is 91.2 Å². The third-order valence-electron chi connectivity index (χ3n) is 2.25. The Morgan fingerprint density at radius 3 is 2.27 bits per heavy atom. The molecule has 0 bridgehead atoms. The topological polar surface area (TPSA) is 44.8 Å². The first-order chi connectivity index (χ1) is 7.17. The highest BCUT2D eigenvalue weighted by molar-refractivity contribution is 5.81. The van der Waals surface area contributed by atoms with E-state index in [1.807, 2.05) is 6.08 Å². The first kappa shape index (κ1) is 14.1. The lowest BCUT2D eigenvalue weighted by Gasteiger charge is -2.17. The molecule has 0 amide bonds. The average Bonchev–Trinajstić information content (AvgIpc) is 2.29. The summed E-state index contributed by atoms with van der Waals surface area (Å²) in [6.45, 7) is 2.05. The van der Waals surface area contributed by atoms with Crippen LogP contribution in [0.5, 0.6) is 0 Å². The summed E-state index contributed by atoms with van der Waals surface area (Å²) in [5.41, 5.74) is 0. The lowest BCUT2D eigenvalue weighted by atomic mass is 10.0. The van der Waals surface area contributed by atoms with E-state index in [0.717, 1.165) is 12.8 Å². The minimum absolute atomic E-state index is 0.225. The zero-order valence-electron chi connectivity index (χ0n) is 9.86. The zero-order valence-corrected chi connectivity index (χ0v) is 9.86. The fourth-order valence-electron chi connectivity index (χ4n) is 1.20. The highest BCUT2D eigenvalue weighted by Gasteiger charge is 2.11. The maximum Gasteiger partial charge on any atom is 0.330 e. The molecule has 0 aliphatic heterocycles. The molecule has 4 heteroatoms. The van der Waals surface area contributed by atoms with Crippen molar-refractivity contribution in [2.45, 2.75) is 26.1 Å². The summed E-state index contributed by atoms with van der Waals surface area (Å²) in [5, 5.41) is 0. The van der Waals surface area contributed by atoms with Gasteiger partial charge in [0.25, 0.3) is 0 Å². The molecule has 4 nitrogen and oxygen atoms in total. The van der Waals surface area contributed by atoms with Gasteiger partial charge in [-0.3, -0.25) is 0 Å². The van der Waals surface area contributed by atoms with Gasteiger partial charge < -0.3 is 14.2 Å². The molecule has 0 N–H and O–H groups in total. The van der Waals surface area contributed by atoms with Crippen molar-refractivity contribution in [1.82, 2.24) is 0 Å². The van der Waals surface area contributed by atoms with Crippen molar-refractivity contribution in [3.05, 3.63) is 12.2 Å².